The second kappa shape index (κ2) is 9.59. The zero-order valence-electron chi connectivity index (χ0n) is 16.5. The smallest absolute Gasteiger partial charge is 0.338 e. The third kappa shape index (κ3) is 5.00. The van der Waals surface area contributed by atoms with Gasteiger partial charge in [-0.3, -0.25) is 4.79 Å². The van der Waals surface area contributed by atoms with Gasteiger partial charge in [-0.2, -0.15) is 4.31 Å². The van der Waals surface area contributed by atoms with E-state index in [9.17, 15) is 18.0 Å². The molecule has 1 heterocycles. The third-order valence-electron chi connectivity index (χ3n) is 4.85. The quantitative estimate of drug-likeness (QED) is 0.472. The van der Waals surface area contributed by atoms with Gasteiger partial charge in [0.05, 0.1) is 17.7 Å². The van der Waals surface area contributed by atoms with Gasteiger partial charge in [-0.05, 0) is 55.3 Å². The summed E-state index contributed by atoms with van der Waals surface area (Å²) in [6.45, 7) is 0.370. The number of hydrogen-bond acceptors (Lipinski definition) is 6. The van der Waals surface area contributed by atoms with Crippen LogP contribution in [0.1, 0.15) is 40.0 Å². The van der Waals surface area contributed by atoms with Crippen LogP contribution in [0.25, 0.3) is 0 Å². The lowest BCUT2D eigenvalue weighted by Crippen LogP contribution is -2.35. The van der Waals surface area contributed by atoms with Gasteiger partial charge in [-0.1, -0.05) is 18.0 Å². The Morgan fingerprint density at radius 3 is 2.27 bits per heavy atom. The van der Waals surface area contributed by atoms with E-state index in [1.807, 2.05) is 0 Å². The first-order valence-corrected chi connectivity index (χ1v) is 11.3. The number of esters is 1. The molecule has 9 heteroatoms. The molecule has 160 valence electrons. The molecule has 7 nitrogen and oxygen atoms in total. The highest BCUT2D eigenvalue weighted by atomic mass is 35.5. The first-order valence-electron chi connectivity index (χ1n) is 9.47. The van der Waals surface area contributed by atoms with Crippen LogP contribution in [-0.4, -0.2) is 51.3 Å². The fourth-order valence-electron chi connectivity index (χ4n) is 3.15. The number of halogens is 1. The number of hydrogen-bond donors (Lipinski definition) is 0. The van der Waals surface area contributed by atoms with Crippen LogP contribution in [0, 0.1) is 0 Å². The van der Waals surface area contributed by atoms with Crippen LogP contribution in [0.5, 0.6) is 5.75 Å². The third-order valence-corrected chi connectivity index (χ3v) is 7.23. The Morgan fingerprint density at radius 2 is 1.63 bits per heavy atom. The molecule has 0 bridgehead atoms. The number of ether oxygens (including phenoxy) is 2. The summed E-state index contributed by atoms with van der Waals surface area (Å²) in [6.07, 6.45) is 2.55. The SMILES string of the molecule is COc1ccc(C(=O)COC(=O)c2ccc(Cl)c(S(=O)(=O)N3CCCCC3)c2)cc1. The lowest BCUT2D eigenvalue weighted by atomic mass is 10.1. The summed E-state index contributed by atoms with van der Waals surface area (Å²) >= 11 is 6.11. The van der Waals surface area contributed by atoms with Crippen LogP contribution in [-0.2, 0) is 14.8 Å². The fraction of sp³-hybridized carbons (Fsp3) is 0.333. The average molecular weight is 452 g/mol. The van der Waals surface area contributed by atoms with Crippen molar-refractivity contribution in [2.75, 3.05) is 26.8 Å². The fourth-order valence-corrected chi connectivity index (χ4v) is 5.16. The summed E-state index contributed by atoms with van der Waals surface area (Å²) in [5.41, 5.74) is 0.380. The number of piperidine rings is 1. The van der Waals surface area contributed by atoms with Gasteiger partial charge >= 0.3 is 5.97 Å². The Balaban J connectivity index is 1.71. The van der Waals surface area contributed by atoms with Gasteiger partial charge < -0.3 is 9.47 Å². The Bertz CT molecular complexity index is 1030. The second-order valence-corrected chi connectivity index (χ2v) is 9.15. The van der Waals surface area contributed by atoms with Crippen molar-refractivity contribution in [3.05, 3.63) is 58.6 Å². The number of benzene rings is 2. The maximum absolute atomic E-state index is 12.9. The first kappa shape index (κ1) is 22.3. The van der Waals surface area contributed by atoms with E-state index in [0.29, 0.717) is 24.4 Å². The van der Waals surface area contributed by atoms with Gasteiger partial charge in [0, 0.05) is 18.7 Å². The molecule has 0 unspecified atom stereocenters. The van der Waals surface area contributed by atoms with Crippen LogP contribution in [0.2, 0.25) is 5.02 Å². The second-order valence-electron chi connectivity index (χ2n) is 6.84. The number of carbonyl (C=O) groups excluding carboxylic acids is 2. The van der Waals surface area contributed by atoms with Crippen molar-refractivity contribution < 1.29 is 27.5 Å². The summed E-state index contributed by atoms with van der Waals surface area (Å²) in [5, 5.41) is 0.0337. The maximum atomic E-state index is 12.9. The number of Topliss-reactive ketones (excluding diaryl/α,β-unsaturated/α-hetero) is 1. The highest BCUT2D eigenvalue weighted by Crippen LogP contribution is 2.28. The Labute approximate surface area is 180 Å². The van der Waals surface area contributed by atoms with Crippen molar-refractivity contribution in [1.29, 1.82) is 0 Å². The monoisotopic (exact) mass is 451 g/mol. The summed E-state index contributed by atoms with van der Waals surface area (Å²) in [7, 11) is -2.30. The first-order chi connectivity index (χ1) is 14.3. The molecule has 30 heavy (non-hydrogen) atoms. The standard InChI is InChI=1S/C21H22ClNO6S/c1-28-17-8-5-15(6-9-17)19(24)14-29-21(25)16-7-10-18(22)20(13-16)30(26,27)23-11-3-2-4-12-23/h5-10,13H,2-4,11-12,14H2,1H3. The molecule has 1 aliphatic rings. The Hall–Kier alpha value is -2.42. The van der Waals surface area contributed by atoms with Crippen LogP contribution in [0.15, 0.2) is 47.4 Å². The molecule has 1 saturated heterocycles. The van der Waals surface area contributed by atoms with E-state index in [1.165, 1.54) is 29.6 Å². The molecular weight excluding hydrogens is 430 g/mol. The van der Waals surface area contributed by atoms with Crippen molar-refractivity contribution in [1.82, 2.24) is 4.31 Å². The summed E-state index contributed by atoms with van der Waals surface area (Å²) in [6, 6.07) is 10.3. The van der Waals surface area contributed by atoms with Gasteiger partial charge in [0.25, 0.3) is 0 Å². The zero-order chi connectivity index (χ0) is 21.7. The molecule has 2 aromatic rings. The average Bonchev–Trinajstić information content (AvgIpc) is 2.78. The molecule has 0 N–H and O–H groups in total. The predicted molar refractivity (Wildman–Crippen MR) is 112 cm³/mol. The van der Waals surface area contributed by atoms with E-state index in [4.69, 9.17) is 21.1 Å². The lowest BCUT2D eigenvalue weighted by Gasteiger charge is -2.26. The molecule has 1 aliphatic heterocycles. The van der Waals surface area contributed by atoms with Crippen molar-refractivity contribution in [2.24, 2.45) is 0 Å². The highest BCUT2D eigenvalue weighted by molar-refractivity contribution is 7.89. The van der Waals surface area contributed by atoms with Gasteiger partial charge in [0.15, 0.2) is 12.4 Å². The molecule has 3 rings (SSSR count). The largest absolute Gasteiger partial charge is 0.497 e. The van der Waals surface area contributed by atoms with E-state index < -0.39 is 22.6 Å². The predicted octanol–water partition coefficient (Wildman–Crippen LogP) is 3.56. The van der Waals surface area contributed by atoms with Crippen LogP contribution in [0.4, 0.5) is 0 Å². The van der Waals surface area contributed by atoms with Crippen LogP contribution in [0.3, 0.4) is 0 Å². The number of carbonyl (C=O) groups is 2. The van der Waals surface area contributed by atoms with E-state index in [1.54, 1.807) is 24.3 Å². The minimum absolute atomic E-state index is 0.0116. The molecule has 1 fully saturated rings. The number of nitrogens with zero attached hydrogens (tertiary/aromatic N) is 1. The van der Waals surface area contributed by atoms with Crippen molar-refractivity contribution in [3.63, 3.8) is 0 Å². The lowest BCUT2D eigenvalue weighted by molar-refractivity contribution is 0.0474. The molecule has 2 aromatic carbocycles. The van der Waals surface area contributed by atoms with Crippen LogP contribution < -0.4 is 4.74 Å². The molecule has 0 saturated carbocycles. The van der Waals surface area contributed by atoms with Crippen LogP contribution >= 0.6 is 11.6 Å². The Morgan fingerprint density at radius 1 is 1.00 bits per heavy atom. The number of sulfonamides is 1. The van der Waals surface area contributed by atoms with Crippen molar-refractivity contribution in [2.45, 2.75) is 24.2 Å². The molecule has 0 radical (unpaired) electrons. The highest BCUT2D eigenvalue weighted by Gasteiger charge is 2.29. The summed E-state index contributed by atoms with van der Waals surface area (Å²) in [5.74, 6) is -0.586. The number of ketones is 1. The van der Waals surface area contributed by atoms with E-state index >= 15 is 0 Å². The topological polar surface area (TPSA) is 90.0 Å². The normalized spacial score (nSPS) is 14.9. The minimum atomic E-state index is -3.81. The molecule has 0 aliphatic carbocycles. The van der Waals surface area contributed by atoms with Gasteiger partial charge in [-0.25, -0.2) is 13.2 Å². The van der Waals surface area contributed by atoms with Gasteiger partial charge in [-0.15, -0.1) is 0 Å². The zero-order valence-corrected chi connectivity index (χ0v) is 18.0. The summed E-state index contributed by atoms with van der Waals surface area (Å²) < 4.78 is 37.3. The van der Waals surface area contributed by atoms with Crippen molar-refractivity contribution >= 4 is 33.4 Å². The maximum Gasteiger partial charge on any atom is 0.338 e. The molecule has 0 aromatic heterocycles. The van der Waals surface area contributed by atoms with Gasteiger partial charge in [0.1, 0.15) is 10.6 Å². The minimum Gasteiger partial charge on any atom is -0.497 e. The molecule has 0 atom stereocenters. The van der Waals surface area contributed by atoms with Crippen molar-refractivity contribution in [3.8, 4) is 5.75 Å². The molecule has 0 amide bonds. The summed E-state index contributed by atoms with van der Waals surface area (Å²) in [4.78, 5) is 24.5. The van der Waals surface area contributed by atoms with E-state index in [-0.39, 0.29) is 21.3 Å². The Kier molecular flexibility index (Phi) is 7.12. The number of methoxy groups -OCH3 is 1. The number of rotatable bonds is 7. The van der Waals surface area contributed by atoms with Gasteiger partial charge in [0.2, 0.25) is 10.0 Å². The van der Waals surface area contributed by atoms with E-state index in [0.717, 1.165) is 19.3 Å². The van der Waals surface area contributed by atoms with E-state index in [2.05, 4.69) is 0 Å². The molecule has 0 spiro atoms. The molecular formula is C21H22ClNO6S.